The first kappa shape index (κ1) is 15.9. The smallest absolute Gasteiger partial charge is 0.326 e. The number of nitrogens with zero attached hydrogens (tertiary/aromatic N) is 2. The molecular formula is C16H18N2O4S. The maximum Gasteiger partial charge on any atom is 0.326 e. The van der Waals surface area contributed by atoms with Crippen LogP contribution in [0, 0.1) is 0 Å². The van der Waals surface area contributed by atoms with Crippen molar-refractivity contribution in [3.63, 3.8) is 0 Å². The predicted molar refractivity (Wildman–Crippen MR) is 85.8 cm³/mol. The molecule has 2 aliphatic heterocycles. The molecule has 1 fully saturated rings. The highest BCUT2D eigenvalue weighted by Crippen LogP contribution is 2.28. The Hall–Kier alpha value is -2.02. The van der Waals surface area contributed by atoms with Crippen molar-refractivity contribution in [1.82, 2.24) is 9.80 Å². The fraction of sp³-hybridized carbons (Fsp3) is 0.438. The van der Waals surface area contributed by atoms with Crippen molar-refractivity contribution in [1.29, 1.82) is 0 Å². The highest BCUT2D eigenvalue weighted by atomic mass is 32.2. The molecule has 23 heavy (non-hydrogen) atoms. The summed E-state index contributed by atoms with van der Waals surface area (Å²) in [6, 6.07) is 6.14. The lowest BCUT2D eigenvalue weighted by atomic mass is 9.93. The van der Waals surface area contributed by atoms with Gasteiger partial charge in [-0.2, -0.15) is 0 Å². The molecule has 1 aromatic rings. The van der Waals surface area contributed by atoms with E-state index in [1.807, 2.05) is 24.3 Å². The fourth-order valence-corrected chi connectivity index (χ4v) is 4.33. The quantitative estimate of drug-likeness (QED) is 0.871. The molecule has 0 aromatic heterocycles. The number of carboxylic acid groups (broad SMARTS) is 1. The largest absolute Gasteiger partial charge is 0.480 e. The zero-order valence-corrected chi connectivity index (χ0v) is 13.6. The zero-order valence-electron chi connectivity index (χ0n) is 12.8. The van der Waals surface area contributed by atoms with E-state index in [0.29, 0.717) is 18.1 Å². The van der Waals surface area contributed by atoms with Crippen LogP contribution in [0.25, 0.3) is 0 Å². The van der Waals surface area contributed by atoms with Crippen LogP contribution in [0.4, 0.5) is 0 Å². The number of carboxylic acids is 1. The molecule has 0 spiro atoms. The van der Waals surface area contributed by atoms with Crippen molar-refractivity contribution >= 4 is 29.5 Å². The first-order valence-electron chi connectivity index (χ1n) is 7.44. The summed E-state index contributed by atoms with van der Waals surface area (Å²) < 4.78 is 0. The molecule has 6 nitrogen and oxygen atoms in total. The molecule has 0 radical (unpaired) electrons. The maximum atomic E-state index is 12.9. The Morgan fingerprint density at radius 3 is 2.48 bits per heavy atom. The number of rotatable bonds is 2. The topological polar surface area (TPSA) is 77.9 Å². The lowest BCUT2D eigenvalue weighted by Gasteiger charge is -2.37. The number of hydrogen-bond donors (Lipinski definition) is 1. The van der Waals surface area contributed by atoms with Crippen LogP contribution in [-0.4, -0.2) is 56.4 Å². The summed E-state index contributed by atoms with van der Waals surface area (Å²) >= 11 is 1.52. The van der Waals surface area contributed by atoms with Gasteiger partial charge in [-0.25, -0.2) is 4.79 Å². The summed E-state index contributed by atoms with van der Waals surface area (Å²) in [5.41, 5.74) is 1.94. The fourth-order valence-electron chi connectivity index (χ4n) is 3.12. The lowest BCUT2D eigenvalue weighted by molar-refractivity contribution is -0.154. The second-order valence-corrected chi connectivity index (χ2v) is 6.80. The molecule has 0 bridgehead atoms. The van der Waals surface area contributed by atoms with Crippen molar-refractivity contribution in [3.8, 4) is 0 Å². The van der Waals surface area contributed by atoms with E-state index in [1.165, 1.54) is 28.5 Å². The molecule has 122 valence electrons. The summed E-state index contributed by atoms with van der Waals surface area (Å²) in [6.45, 7) is 1.71. The van der Waals surface area contributed by atoms with Crippen molar-refractivity contribution < 1.29 is 19.5 Å². The van der Waals surface area contributed by atoms with Crippen LogP contribution in [0.2, 0.25) is 0 Å². The third-order valence-electron chi connectivity index (χ3n) is 4.39. The average Bonchev–Trinajstić information content (AvgIpc) is 3.02. The monoisotopic (exact) mass is 334 g/mol. The Morgan fingerprint density at radius 1 is 1.13 bits per heavy atom. The van der Waals surface area contributed by atoms with Gasteiger partial charge in [0.25, 0.3) is 0 Å². The number of amides is 2. The Balaban J connectivity index is 1.89. The highest BCUT2D eigenvalue weighted by molar-refractivity contribution is 7.99. The normalized spacial score (nSPS) is 23.5. The Labute approximate surface area is 138 Å². The van der Waals surface area contributed by atoms with E-state index in [9.17, 15) is 19.5 Å². The van der Waals surface area contributed by atoms with Crippen LogP contribution in [0.3, 0.4) is 0 Å². The molecule has 0 unspecified atom stereocenters. The predicted octanol–water partition coefficient (Wildman–Crippen LogP) is 0.946. The Bertz CT molecular complexity index is 663. The van der Waals surface area contributed by atoms with Crippen LogP contribution >= 0.6 is 11.8 Å². The average molecular weight is 334 g/mol. The number of carbonyl (C=O) groups is 3. The zero-order chi connectivity index (χ0) is 16.6. The number of thioether (sulfide) groups is 1. The van der Waals surface area contributed by atoms with Gasteiger partial charge < -0.3 is 14.9 Å². The van der Waals surface area contributed by atoms with Gasteiger partial charge >= 0.3 is 5.97 Å². The number of fused-ring (bicyclic) bond motifs is 1. The molecule has 1 aromatic carbocycles. The molecule has 1 N–H and O–H groups in total. The van der Waals surface area contributed by atoms with E-state index in [2.05, 4.69) is 0 Å². The molecule has 1 saturated heterocycles. The maximum absolute atomic E-state index is 12.9. The van der Waals surface area contributed by atoms with Crippen molar-refractivity contribution in [2.24, 2.45) is 0 Å². The minimum Gasteiger partial charge on any atom is -0.480 e. The minimum absolute atomic E-state index is 0.155. The van der Waals surface area contributed by atoms with E-state index in [1.54, 1.807) is 0 Å². The molecule has 0 saturated carbocycles. The van der Waals surface area contributed by atoms with Crippen LogP contribution < -0.4 is 0 Å². The van der Waals surface area contributed by atoms with Gasteiger partial charge in [-0.15, -0.1) is 11.8 Å². The Kier molecular flexibility index (Phi) is 4.30. The first-order valence-corrected chi connectivity index (χ1v) is 8.59. The molecule has 7 heteroatoms. The van der Waals surface area contributed by atoms with E-state index in [-0.39, 0.29) is 18.4 Å². The van der Waals surface area contributed by atoms with Gasteiger partial charge in [0.05, 0.1) is 5.88 Å². The summed E-state index contributed by atoms with van der Waals surface area (Å²) in [4.78, 5) is 39.1. The molecule has 2 atom stereocenters. The van der Waals surface area contributed by atoms with Gasteiger partial charge in [0, 0.05) is 25.6 Å². The van der Waals surface area contributed by atoms with Gasteiger partial charge in [-0.3, -0.25) is 9.59 Å². The molecule has 2 aliphatic rings. The number of hydrogen-bond acceptors (Lipinski definition) is 4. The molecule has 2 heterocycles. The van der Waals surface area contributed by atoms with Crippen LogP contribution in [-0.2, 0) is 27.3 Å². The minimum atomic E-state index is -1.01. The van der Waals surface area contributed by atoms with Crippen molar-refractivity contribution in [2.45, 2.75) is 32.0 Å². The van der Waals surface area contributed by atoms with Crippen molar-refractivity contribution in [3.05, 3.63) is 35.4 Å². The number of benzene rings is 1. The van der Waals surface area contributed by atoms with Crippen molar-refractivity contribution in [2.75, 3.05) is 11.6 Å². The van der Waals surface area contributed by atoms with E-state index in [4.69, 9.17) is 0 Å². The third-order valence-corrected chi connectivity index (χ3v) is 5.40. The van der Waals surface area contributed by atoms with Gasteiger partial charge in [0.1, 0.15) is 12.1 Å². The Morgan fingerprint density at radius 2 is 1.83 bits per heavy atom. The van der Waals surface area contributed by atoms with E-state index in [0.717, 1.165) is 11.1 Å². The van der Waals surface area contributed by atoms with E-state index >= 15 is 0 Å². The van der Waals surface area contributed by atoms with Gasteiger partial charge in [0.15, 0.2) is 0 Å². The van der Waals surface area contributed by atoms with Gasteiger partial charge in [-0.05, 0) is 11.1 Å². The lowest BCUT2D eigenvalue weighted by Crippen LogP contribution is -2.55. The molecular weight excluding hydrogens is 316 g/mol. The standard InChI is InChI=1S/C16H18N2O4S/c1-10(19)18-9-23-8-14(18)15(20)17-7-12-5-3-2-4-11(12)6-13(17)16(21)22/h2-5,13-14H,6-9H2,1H3,(H,21,22)/t13-,14+/m0/s1. The van der Waals surface area contributed by atoms with Crippen LogP contribution in [0.5, 0.6) is 0 Å². The summed E-state index contributed by atoms with van der Waals surface area (Å²) in [6.07, 6.45) is 0.303. The van der Waals surface area contributed by atoms with E-state index < -0.39 is 18.1 Å². The SMILES string of the molecule is CC(=O)N1CSC[C@@H]1C(=O)N1Cc2ccccc2C[C@H]1C(=O)O. The molecule has 2 amide bonds. The second-order valence-electron chi connectivity index (χ2n) is 5.80. The molecule has 3 rings (SSSR count). The molecule has 0 aliphatic carbocycles. The second kappa shape index (κ2) is 6.23. The highest BCUT2D eigenvalue weighted by Gasteiger charge is 2.41. The van der Waals surface area contributed by atoms with Crippen LogP contribution in [0.1, 0.15) is 18.1 Å². The third kappa shape index (κ3) is 2.93. The number of aliphatic carboxylic acids is 1. The van der Waals surface area contributed by atoms with Crippen LogP contribution in [0.15, 0.2) is 24.3 Å². The first-order chi connectivity index (χ1) is 11.0. The summed E-state index contributed by atoms with van der Waals surface area (Å²) in [5.74, 6) is -0.436. The summed E-state index contributed by atoms with van der Waals surface area (Å²) in [7, 11) is 0. The summed E-state index contributed by atoms with van der Waals surface area (Å²) in [5, 5.41) is 9.52. The number of carbonyl (C=O) groups excluding carboxylic acids is 2. The van der Waals surface area contributed by atoms with Gasteiger partial charge in [0.2, 0.25) is 11.8 Å². The van der Waals surface area contributed by atoms with Gasteiger partial charge in [-0.1, -0.05) is 24.3 Å².